The van der Waals surface area contributed by atoms with Crippen LogP contribution in [0, 0.1) is 0 Å². The number of pyridine rings is 2. The predicted octanol–water partition coefficient (Wildman–Crippen LogP) is 2.04. The zero-order chi connectivity index (χ0) is 18.1. The maximum absolute atomic E-state index is 11.2. The molecule has 0 aromatic carbocycles. The molecule has 0 spiro atoms. The Balaban J connectivity index is 1.71. The van der Waals surface area contributed by atoms with Gasteiger partial charge in [-0.1, -0.05) is 0 Å². The highest BCUT2D eigenvalue weighted by molar-refractivity contribution is 5.90. The largest absolute Gasteiger partial charge is 0.378 e. The highest BCUT2D eigenvalue weighted by atomic mass is 16.5. The summed E-state index contributed by atoms with van der Waals surface area (Å²) >= 11 is 0. The first-order chi connectivity index (χ1) is 12.6. The Hall–Kier alpha value is -2.84. The molecule has 3 aromatic heterocycles. The molecule has 0 saturated carbocycles. The summed E-state index contributed by atoms with van der Waals surface area (Å²) in [6.45, 7) is 2.64. The van der Waals surface area contributed by atoms with Crippen LogP contribution in [-0.4, -0.2) is 46.0 Å². The van der Waals surface area contributed by atoms with Crippen molar-refractivity contribution in [1.29, 1.82) is 0 Å². The summed E-state index contributed by atoms with van der Waals surface area (Å²) in [5.41, 5.74) is 1.30. The molecular weight excluding hydrogens is 334 g/mol. The van der Waals surface area contributed by atoms with Crippen LogP contribution >= 0.6 is 0 Å². The molecule has 0 bridgehead atoms. The van der Waals surface area contributed by atoms with Crippen LogP contribution in [-0.2, 0) is 19.9 Å². The molecule has 0 radical (unpaired) electrons. The lowest BCUT2D eigenvalue weighted by Crippen LogP contribution is -2.29. The highest BCUT2D eigenvalue weighted by Gasteiger charge is 2.37. The molecule has 1 N–H and O–H groups in total. The van der Waals surface area contributed by atoms with Crippen LogP contribution in [0.25, 0.3) is 16.7 Å². The molecule has 3 aromatic rings. The molecule has 1 unspecified atom stereocenters. The average molecular weight is 353 g/mol. The van der Waals surface area contributed by atoms with Gasteiger partial charge in [-0.3, -0.25) is 4.79 Å². The summed E-state index contributed by atoms with van der Waals surface area (Å²) < 4.78 is 13.0. The molecule has 26 heavy (non-hydrogen) atoms. The lowest BCUT2D eigenvalue weighted by atomic mass is 9.93. The maximum Gasteiger partial charge on any atom is 0.222 e. The van der Waals surface area contributed by atoms with Crippen molar-refractivity contribution in [2.45, 2.75) is 18.9 Å². The smallest absolute Gasteiger partial charge is 0.222 e. The fourth-order valence-corrected chi connectivity index (χ4v) is 3.16. The number of amides is 1. The number of hydrogen-bond donors (Lipinski definition) is 1. The van der Waals surface area contributed by atoms with E-state index in [1.54, 1.807) is 30.3 Å². The first kappa shape index (κ1) is 16.6. The van der Waals surface area contributed by atoms with Crippen molar-refractivity contribution < 1.29 is 14.3 Å². The third-order valence-corrected chi connectivity index (χ3v) is 4.58. The number of hydrogen-bond acceptors (Lipinski definition) is 6. The van der Waals surface area contributed by atoms with Crippen molar-refractivity contribution in [2.75, 3.05) is 25.6 Å². The summed E-state index contributed by atoms with van der Waals surface area (Å²) in [4.78, 5) is 19.8. The van der Waals surface area contributed by atoms with Gasteiger partial charge < -0.3 is 14.8 Å². The van der Waals surface area contributed by atoms with Crippen LogP contribution in [0.3, 0.4) is 0 Å². The number of carbonyl (C=O) groups is 1. The number of nitrogens with one attached hydrogen (secondary N) is 1. The first-order valence-corrected chi connectivity index (χ1v) is 8.32. The van der Waals surface area contributed by atoms with Gasteiger partial charge in [0, 0.05) is 57.1 Å². The van der Waals surface area contributed by atoms with E-state index in [-0.39, 0.29) is 5.91 Å². The third kappa shape index (κ3) is 2.93. The molecule has 1 fully saturated rings. The molecule has 4 heterocycles. The monoisotopic (exact) mass is 353 g/mol. The number of methoxy groups -OCH3 is 1. The standard InChI is InChI=1S/C18H19N5O3/c1-12(24)21-16-8-15-13(9-20-16)10-23(22-15)17-7-14(3-5-19-17)18(25-2)4-6-26-11-18/h3,5,7-10H,4,6,11H2,1-2H3,(H,21,24). The van der Waals surface area contributed by atoms with Crippen molar-refractivity contribution in [3.63, 3.8) is 0 Å². The number of rotatable bonds is 4. The Kier molecular flexibility index (Phi) is 4.14. The second-order valence-electron chi connectivity index (χ2n) is 6.29. The molecule has 1 saturated heterocycles. The van der Waals surface area contributed by atoms with Gasteiger partial charge in [-0.2, -0.15) is 5.10 Å². The van der Waals surface area contributed by atoms with Gasteiger partial charge in [-0.25, -0.2) is 14.6 Å². The van der Waals surface area contributed by atoms with Crippen LogP contribution in [0.15, 0.2) is 36.8 Å². The normalized spacial score (nSPS) is 19.8. The van der Waals surface area contributed by atoms with Crippen molar-refractivity contribution in [2.24, 2.45) is 0 Å². The van der Waals surface area contributed by atoms with Crippen molar-refractivity contribution in [3.8, 4) is 5.82 Å². The Bertz CT molecular complexity index is 962. The second kappa shape index (κ2) is 6.47. The highest BCUT2D eigenvalue weighted by Crippen LogP contribution is 2.34. The number of anilines is 1. The van der Waals surface area contributed by atoms with E-state index in [0.29, 0.717) is 24.8 Å². The van der Waals surface area contributed by atoms with Crippen LogP contribution in [0.2, 0.25) is 0 Å². The summed E-state index contributed by atoms with van der Waals surface area (Å²) in [7, 11) is 1.70. The topological polar surface area (TPSA) is 91.2 Å². The number of ether oxygens (including phenoxy) is 2. The molecule has 1 aliphatic heterocycles. The average Bonchev–Trinajstić information content (AvgIpc) is 3.28. The Morgan fingerprint density at radius 2 is 2.27 bits per heavy atom. The first-order valence-electron chi connectivity index (χ1n) is 8.32. The summed E-state index contributed by atoms with van der Waals surface area (Å²) in [6.07, 6.45) is 6.08. The maximum atomic E-state index is 11.2. The van der Waals surface area contributed by atoms with Crippen molar-refractivity contribution in [1.82, 2.24) is 19.7 Å². The van der Waals surface area contributed by atoms with E-state index < -0.39 is 5.60 Å². The minimum Gasteiger partial charge on any atom is -0.378 e. The van der Waals surface area contributed by atoms with E-state index in [4.69, 9.17) is 9.47 Å². The summed E-state index contributed by atoms with van der Waals surface area (Å²) in [6, 6.07) is 5.64. The molecule has 1 amide bonds. The number of fused-ring (bicyclic) bond motifs is 1. The molecular formula is C18H19N5O3. The SMILES string of the molecule is COC1(c2ccnc(-n3cc4cnc(NC(C)=O)cc4n3)c2)CCOC1. The predicted molar refractivity (Wildman–Crippen MR) is 95.1 cm³/mol. The van der Waals surface area contributed by atoms with Crippen LogP contribution in [0.5, 0.6) is 0 Å². The number of carbonyl (C=O) groups excluding carboxylic acids is 1. The van der Waals surface area contributed by atoms with Gasteiger partial charge in [0.2, 0.25) is 5.91 Å². The third-order valence-electron chi connectivity index (χ3n) is 4.58. The molecule has 8 nitrogen and oxygen atoms in total. The molecule has 8 heteroatoms. The molecule has 1 atom stereocenters. The quantitative estimate of drug-likeness (QED) is 0.772. The summed E-state index contributed by atoms with van der Waals surface area (Å²) in [5, 5.41) is 8.08. The van der Waals surface area contributed by atoms with Crippen molar-refractivity contribution in [3.05, 3.63) is 42.4 Å². The molecule has 4 rings (SSSR count). The van der Waals surface area contributed by atoms with E-state index in [1.165, 1.54) is 6.92 Å². The molecule has 1 aliphatic rings. The zero-order valence-corrected chi connectivity index (χ0v) is 14.6. The Morgan fingerprint density at radius 3 is 3.00 bits per heavy atom. The molecule has 0 aliphatic carbocycles. The minimum atomic E-state index is -0.440. The second-order valence-corrected chi connectivity index (χ2v) is 6.29. The van der Waals surface area contributed by atoms with Gasteiger partial charge in [0.05, 0.1) is 12.1 Å². The van der Waals surface area contributed by atoms with Gasteiger partial charge in [0.25, 0.3) is 0 Å². The van der Waals surface area contributed by atoms with Gasteiger partial charge in [0.15, 0.2) is 5.82 Å². The van der Waals surface area contributed by atoms with Gasteiger partial charge in [-0.15, -0.1) is 0 Å². The fourth-order valence-electron chi connectivity index (χ4n) is 3.16. The fraction of sp³-hybridized carbons (Fsp3) is 0.333. The van der Waals surface area contributed by atoms with E-state index in [0.717, 1.165) is 22.9 Å². The lowest BCUT2D eigenvalue weighted by molar-refractivity contribution is -0.114. The van der Waals surface area contributed by atoms with Crippen LogP contribution in [0.4, 0.5) is 5.82 Å². The van der Waals surface area contributed by atoms with Crippen molar-refractivity contribution >= 4 is 22.6 Å². The zero-order valence-electron chi connectivity index (χ0n) is 14.6. The van der Waals surface area contributed by atoms with Crippen LogP contribution < -0.4 is 5.32 Å². The minimum absolute atomic E-state index is 0.172. The molecule has 134 valence electrons. The Labute approximate surface area is 150 Å². The van der Waals surface area contributed by atoms with Crippen LogP contribution in [0.1, 0.15) is 18.9 Å². The van der Waals surface area contributed by atoms with E-state index >= 15 is 0 Å². The van der Waals surface area contributed by atoms with E-state index in [2.05, 4.69) is 20.4 Å². The summed E-state index contributed by atoms with van der Waals surface area (Å²) in [5.74, 6) is 0.982. The van der Waals surface area contributed by atoms with E-state index in [1.807, 2.05) is 18.3 Å². The lowest BCUT2D eigenvalue weighted by Gasteiger charge is -2.26. The van der Waals surface area contributed by atoms with E-state index in [9.17, 15) is 4.79 Å². The van der Waals surface area contributed by atoms with Gasteiger partial charge >= 0.3 is 0 Å². The Morgan fingerprint density at radius 1 is 1.38 bits per heavy atom. The van der Waals surface area contributed by atoms with Gasteiger partial charge in [0.1, 0.15) is 11.4 Å². The number of aromatic nitrogens is 4. The number of nitrogens with zero attached hydrogens (tertiary/aromatic N) is 4. The van der Waals surface area contributed by atoms with Gasteiger partial charge in [-0.05, 0) is 17.7 Å².